The fourth-order valence-corrected chi connectivity index (χ4v) is 2.04. The minimum absolute atomic E-state index is 0.731. The fourth-order valence-electron chi connectivity index (χ4n) is 1.66. The van der Waals surface area contributed by atoms with Crippen LogP contribution in [0, 0.1) is 13.8 Å². The maximum Gasteiger partial charge on any atom is 0.140 e. The average Bonchev–Trinajstić information content (AvgIpc) is 2.60. The zero-order chi connectivity index (χ0) is 12.4. The minimum Gasteiger partial charge on any atom is -0.365 e. The number of hydrogen-bond acceptors (Lipinski definition) is 3. The van der Waals surface area contributed by atoms with Crippen molar-refractivity contribution in [2.24, 2.45) is 7.05 Å². The van der Waals surface area contributed by atoms with Crippen molar-refractivity contribution in [2.75, 3.05) is 5.32 Å². The zero-order valence-corrected chi connectivity index (χ0v) is 11.7. The van der Waals surface area contributed by atoms with Crippen molar-refractivity contribution in [1.82, 2.24) is 14.8 Å². The highest BCUT2D eigenvalue weighted by molar-refractivity contribution is 9.10. The molecule has 0 aliphatic rings. The van der Waals surface area contributed by atoms with E-state index in [1.54, 1.807) is 6.20 Å². The number of rotatable bonds is 3. The lowest BCUT2D eigenvalue weighted by atomic mass is 10.2. The number of pyridine rings is 1. The maximum atomic E-state index is 4.31. The van der Waals surface area contributed by atoms with Gasteiger partial charge in [-0.05, 0) is 41.4 Å². The van der Waals surface area contributed by atoms with E-state index in [1.165, 1.54) is 11.1 Å². The molecular formula is C12H15BrN4. The largest absolute Gasteiger partial charge is 0.365 e. The Bertz CT molecular complexity index is 533. The molecule has 90 valence electrons. The van der Waals surface area contributed by atoms with Crippen LogP contribution in [0.5, 0.6) is 0 Å². The third-order valence-corrected chi connectivity index (χ3v) is 3.64. The molecule has 0 aliphatic heterocycles. The quantitative estimate of drug-likeness (QED) is 0.947. The van der Waals surface area contributed by atoms with Crippen molar-refractivity contribution in [2.45, 2.75) is 20.4 Å². The van der Waals surface area contributed by atoms with Crippen LogP contribution in [0.25, 0.3) is 0 Å². The first kappa shape index (κ1) is 12.1. The normalized spacial score (nSPS) is 10.6. The molecule has 0 unspecified atom stereocenters. The summed E-state index contributed by atoms with van der Waals surface area (Å²) >= 11 is 3.53. The highest BCUT2D eigenvalue weighted by atomic mass is 79.9. The van der Waals surface area contributed by atoms with Crippen LogP contribution in [0.2, 0.25) is 0 Å². The van der Waals surface area contributed by atoms with E-state index >= 15 is 0 Å². The molecule has 0 atom stereocenters. The summed E-state index contributed by atoms with van der Waals surface area (Å²) in [7, 11) is 1.93. The first-order chi connectivity index (χ1) is 8.08. The van der Waals surface area contributed by atoms with Crippen molar-refractivity contribution in [1.29, 1.82) is 0 Å². The van der Waals surface area contributed by atoms with E-state index < -0.39 is 0 Å². The fraction of sp³-hybridized carbons (Fsp3) is 0.333. The van der Waals surface area contributed by atoms with E-state index in [9.17, 15) is 0 Å². The average molecular weight is 295 g/mol. The highest BCUT2D eigenvalue weighted by Gasteiger charge is 2.06. The van der Waals surface area contributed by atoms with Crippen molar-refractivity contribution >= 4 is 21.7 Å². The van der Waals surface area contributed by atoms with Crippen LogP contribution in [0.15, 0.2) is 22.9 Å². The first-order valence-electron chi connectivity index (χ1n) is 5.42. The molecule has 17 heavy (non-hydrogen) atoms. The lowest BCUT2D eigenvalue weighted by Crippen LogP contribution is -2.03. The van der Waals surface area contributed by atoms with E-state index in [1.807, 2.05) is 37.8 Å². The van der Waals surface area contributed by atoms with Gasteiger partial charge in [-0.1, -0.05) is 0 Å². The number of hydrogen-bond donors (Lipinski definition) is 1. The number of nitrogens with one attached hydrogen (secondary N) is 1. The zero-order valence-electron chi connectivity index (χ0n) is 10.2. The van der Waals surface area contributed by atoms with Gasteiger partial charge in [0.05, 0.1) is 10.2 Å². The molecular weight excluding hydrogens is 280 g/mol. The SMILES string of the molecule is Cc1ccnc(NCc2cn(C)nc2C)c1Br. The Hall–Kier alpha value is -1.36. The van der Waals surface area contributed by atoms with Gasteiger partial charge in [-0.3, -0.25) is 4.68 Å². The first-order valence-corrected chi connectivity index (χ1v) is 6.21. The number of halogens is 1. The van der Waals surface area contributed by atoms with Crippen molar-refractivity contribution in [3.8, 4) is 0 Å². The Morgan fingerprint density at radius 2 is 2.18 bits per heavy atom. The van der Waals surface area contributed by atoms with Gasteiger partial charge >= 0.3 is 0 Å². The van der Waals surface area contributed by atoms with Crippen LogP contribution in [0.4, 0.5) is 5.82 Å². The summed E-state index contributed by atoms with van der Waals surface area (Å²) in [6.07, 6.45) is 3.82. The topological polar surface area (TPSA) is 42.7 Å². The molecule has 0 bridgehead atoms. The molecule has 0 fully saturated rings. The van der Waals surface area contributed by atoms with Crippen LogP contribution in [0.3, 0.4) is 0 Å². The van der Waals surface area contributed by atoms with Crippen molar-refractivity contribution in [3.63, 3.8) is 0 Å². The Labute approximate surface area is 109 Å². The summed E-state index contributed by atoms with van der Waals surface area (Å²) in [6.45, 7) is 4.79. The lowest BCUT2D eigenvalue weighted by molar-refractivity contribution is 0.756. The van der Waals surface area contributed by atoms with Gasteiger partial charge in [0.15, 0.2) is 0 Å². The number of aryl methyl sites for hydroxylation is 3. The molecule has 2 aromatic rings. The second kappa shape index (κ2) is 4.87. The van der Waals surface area contributed by atoms with Gasteiger partial charge in [0.25, 0.3) is 0 Å². The summed E-state index contributed by atoms with van der Waals surface area (Å²) in [5.74, 6) is 0.869. The van der Waals surface area contributed by atoms with Gasteiger partial charge in [-0.2, -0.15) is 5.10 Å². The predicted molar refractivity (Wildman–Crippen MR) is 71.9 cm³/mol. The molecule has 4 nitrogen and oxygen atoms in total. The third kappa shape index (κ3) is 2.66. The summed E-state index contributed by atoms with van der Waals surface area (Å²) in [5, 5.41) is 7.62. The Morgan fingerprint density at radius 3 is 2.82 bits per heavy atom. The second-order valence-corrected chi connectivity index (χ2v) is 4.85. The van der Waals surface area contributed by atoms with Crippen LogP contribution in [-0.2, 0) is 13.6 Å². The Morgan fingerprint density at radius 1 is 1.41 bits per heavy atom. The van der Waals surface area contributed by atoms with E-state index in [4.69, 9.17) is 0 Å². The van der Waals surface area contributed by atoms with Gasteiger partial charge in [0.2, 0.25) is 0 Å². The van der Waals surface area contributed by atoms with E-state index in [0.29, 0.717) is 0 Å². The summed E-state index contributed by atoms with van der Waals surface area (Å²) in [5.41, 5.74) is 3.40. The number of aromatic nitrogens is 3. The van der Waals surface area contributed by atoms with E-state index in [-0.39, 0.29) is 0 Å². The summed E-state index contributed by atoms with van der Waals surface area (Å²) in [6, 6.07) is 1.98. The van der Waals surface area contributed by atoms with E-state index in [0.717, 1.165) is 22.5 Å². The third-order valence-electron chi connectivity index (χ3n) is 2.64. The van der Waals surface area contributed by atoms with Gasteiger partial charge in [0, 0.05) is 31.5 Å². The molecule has 0 spiro atoms. The molecule has 5 heteroatoms. The van der Waals surface area contributed by atoms with Crippen LogP contribution in [-0.4, -0.2) is 14.8 Å². The van der Waals surface area contributed by atoms with Crippen LogP contribution >= 0.6 is 15.9 Å². The highest BCUT2D eigenvalue weighted by Crippen LogP contribution is 2.23. The molecule has 0 radical (unpaired) electrons. The molecule has 0 saturated heterocycles. The maximum absolute atomic E-state index is 4.31. The predicted octanol–water partition coefficient (Wildman–Crippen LogP) is 2.81. The van der Waals surface area contributed by atoms with Crippen LogP contribution < -0.4 is 5.32 Å². The minimum atomic E-state index is 0.731. The summed E-state index contributed by atoms with van der Waals surface area (Å²) in [4.78, 5) is 4.31. The molecule has 0 aliphatic carbocycles. The van der Waals surface area contributed by atoms with Gasteiger partial charge in [0.1, 0.15) is 5.82 Å². The summed E-state index contributed by atoms with van der Waals surface area (Å²) < 4.78 is 2.84. The molecule has 2 rings (SSSR count). The number of anilines is 1. The monoisotopic (exact) mass is 294 g/mol. The molecule has 2 heterocycles. The van der Waals surface area contributed by atoms with Gasteiger partial charge in [-0.25, -0.2) is 4.98 Å². The molecule has 0 aromatic carbocycles. The molecule has 0 saturated carbocycles. The van der Waals surface area contributed by atoms with Crippen molar-refractivity contribution < 1.29 is 0 Å². The Balaban J connectivity index is 2.12. The molecule has 0 amide bonds. The second-order valence-electron chi connectivity index (χ2n) is 4.06. The van der Waals surface area contributed by atoms with Gasteiger partial charge < -0.3 is 5.32 Å². The lowest BCUT2D eigenvalue weighted by Gasteiger charge is -2.08. The molecule has 1 N–H and O–H groups in total. The van der Waals surface area contributed by atoms with Crippen molar-refractivity contribution in [3.05, 3.63) is 39.8 Å². The smallest absolute Gasteiger partial charge is 0.140 e. The molecule has 2 aromatic heterocycles. The van der Waals surface area contributed by atoms with Crippen LogP contribution in [0.1, 0.15) is 16.8 Å². The standard InChI is InChI=1S/C12H15BrN4/c1-8-4-5-14-12(11(8)13)15-6-10-7-17(3)16-9(10)2/h4-5,7H,6H2,1-3H3,(H,14,15). The van der Waals surface area contributed by atoms with Gasteiger partial charge in [-0.15, -0.1) is 0 Å². The number of nitrogens with zero attached hydrogens (tertiary/aromatic N) is 3. The van der Waals surface area contributed by atoms with E-state index in [2.05, 4.69) is 31.3 Å². The Kier molecular flexibility index (Phi) is 3.47.